The van der Waals surface area contributed by atoms with Gasteiger partial charge in [0, 0.05) is 0 Å². The molecular formula is C17H22B2N2O10S. The van der Waals surface area contributed by atoms with Crippen molar-refractivity contribution in [2.45, 2.75) is 23.9 Å². The van der Waals surface area contributed by atoms with Crippen molar-refractivity contribution in [3.8, 4) is 0 Å². The topological polar surface area (TPSA) is 174 Å². The number of esters is 2. The van der Waals surface area contributed by atoms with Crippen molar-refractivity contribution < 1.29 is 46.4 Å². The van der Waals surface area contributed by atoms with Crippen LogP contribution in [0.3, 0.4) is 0 Å². The van der Waals surface area contributed by atoms with Gasteiger partial charge in [0.2, 0.25) is 15.7 Å². The molecule has 2 unspecified atom stereocenters. The van der Waals surface area contributed by atoms with Crippen molar-refractivity contribution in [2.75, 3.05) is 27.4 Å². The number of carbonyl (C=O) groups excluding carboxylic acids is 4. The molecule has 0 aromatic heterocycles. The number of hydrogen-bond donors (Lipinski definition) is 3. The van der Waals surface area contributed by atoms with Crippen molar-refractivity contribution in [2.24, 2.45) is 0 Å². The van der Waals surface area contributed by atoms with Crippen LogP contribution in [0.15, 0.2) is 29.2 Å². The lowest BCUT2D eigenvalue weighted by Gasteiger charge is -2.15. The van der Waals surface area contributed by atoms with Crippen LogP contribution in [-0.4, -0.2) is 92.3 Å². The molecule has 1 aromatic carbocycles. The number of amides is 2. The molecule has 0 aliphatic heterocycles. The number of nitrogens with one attached hydrogen (secondary N) is 2. The van der Waals surface area contributed by atoms with Crippen LogP contribution >= 0.6 is 0 Å². The molecule has 1 aromatic rings. The fraction of sp³-hybridized carbons (Fsp3) is 0.412. The smallest absolute Gasteiger partial charge is 0.330 e. The molecule has 32 heavy (non-hydrogen) atoms. The van der Waals surface area contributed by atoms with Crippen LogP contribution in [-0.2, 0) is 33.4 Å². The van der Waals surface area contributed by atoms with Crippen LogP contribution in [0.2, 0.25) is 0 Å². The second-order valence-electron chi connectivity index (χ2n) is 5.90. The summed E-state index contributed by atoms with van der Waals surface area (Å²) < 4.78 is 37.2. The summed E-state index contributed by atoms with van der Waals surface area (Å²) in [5, 5.41) is 12.5. The van der Waals surface area contributed by atoms with Crippen LogP contribution in [0.1, 0.15) is 5.56 Å². The summed E-state index contributed by atoms with van der Waals surface area (Å²) in [5.74, 6) is -3.48. The number of rotatable bonds is 9. The number of methoxy groups -OCH3 is 2. The monoisotopic (exact) mass is 468 g/mol. The average molecular weight is 468 g/mol. The predicted molar refractivity (Wildman–Crippen MR) is 112 cm³/mol. The Morgan fingerprint density at radius 2 is 1.38 bits per heavy atom. The number of aliphatic hydroxyl groups is 1. The third kappa shape index (κ3) is 10.9. The summed E-state index contributed by atoms with van der Waals surface area (Å²) in [5.41, 5.74) is 0.886. The molecule has 0 aliphatic carbocycles. The Morgan fingerprint density at radius 1 is 0.938 bits per heavy atom. The summed E-state index contributed by atoms with van der Waals surface area (Å²) in [6, 6.07) is 3.58. The van der Waals surface area contributed by atoms with E-state index in [1.165, 1.54) is 12.1 Å². The third-order valence-electron chi connectivity index (χ3n) is 3.49. The third-order valence-corrected chi connectivity index (χ3v) is 4.78. The molecule has 0 bridgehead atoms. The van der Waals surface area contributed by atoms with Gasteiger partial charge in [0.1, 0.15) is 6.04 Å². The first-order chi connectivity index (χ1) is 14.9. The zero-order valence-corrected chi connectivity index (χ0v) is 18.4. The van der Waals surface area contributed by atoms with Crippen LogP contribution in [0.4, 0.5) is 9.59 Å². The van der Waals surface area contributed by atoms with E-state index in [2.05, 4.69) is 9.47 Å². The van der Waals surface area contributed by atoms with Gasteiger partial charge in [-0.2, -0.15) is 8.42 Å². The molecule has 0 saturated heterocycles. The Bertz CT molecular complexity index is 893. The second-order valence-corrected chi connectivity index (χ2v) is 7.52. The van der Waals surface area contributed by atoms with Crippen molar-refractivity contribution in [1.82, 2.24) is 10.6 Å². The van der Waals surface area contributed by atoms with Crippen LogP contribution in [0.25, 0.3) is 0 Å². The fourth-order valence-electron chi connectivity index (χ4n) is 1.91. The Hall–Kier alpha value is -2.90. The predicted octanol–water partition coefficient (Wildman–Crippen LogP) is -1.48. The second kappa shape index (κ2) is 14.2. The maximum Gasteiger partial charge on any atom is 0.330 e. The van der Waals surface area contributed by atoms with E-state index in [0.29, 0.717) is 0 Å². The highest BCUT2D eigenvalue weighted by Gasteiger charge is 2.24. The summed E-state index contributed by atoms with van der Waals surface area (Å²) in [7, 11) is 7.77. The van der Waals surface area contributed by atoms with Crippen molar-refractivity contribution in [3.05, 3.63) is 29.8 Å². The van der Waals surface area contributed by atoms with Crippen molar-refractivity contribution >= 4 is 49.4 Å². The van der Waals surface area contributed by atoms with Gasteiger partial charge in [0.05, 0.1) is 32.3 Å². The Kier molecular flexibility index (Phi) is 12.9. The number of ether oxygens (including phenoxy) is 2. The molecule has 2 atom stereocenters. The van der Waals surface area contributed by atoms with Gasteiger partial charge in [0.25, 0.3) is 10.1 Å². The van der Waals surface area contributed by atoms with Gasteiger partial charge in [-0.05, 0) is 19.1 Å². The van der Waals surface area contributed by atoms with Gasteiger partial charge in [0.15, 0.2) is 17.7 Å². The summed E-state index contributed by atoms with van der Waals surface area (Å²) in [6.45, 7) is 0.656. The lowest BCUT2D eigenvalue weighted by Crippen LogP contribution is -2.44. The van der Waals surface area contributed by atoms with Gasteiger partial charge < -0.3 is 25.2 Å². The quantitative estimate of drug-likeness (QED) is 0.220. The van der Waals surface area contributed by atoms with Gasteiger partial charge >= 0.3 is 11.9 Å². The van der Waals surface area contributed by atoms with E-state index < -0.39 is 59.0 Å². The first-order valence-corrected chi connectivity index (χ1v) is 10.1. The van der Waals surface area contributed by atoms with E-state index in [4.69, 9.17) is 25.0 Å². The first kappa shape index (κ1) is 29.1. The summed E-state index contributed by atoms with van der Waals surface area (Å²) in [6.07, 6.45) is 0. The maximum absolute atomic E-state index is 11.9. The minimum Gasteiger partial charge on any atom is -0.467 e. The summed E-state index contributed by atoms with van der Waals surface area (Å²) >= 11 is 0. The van der Waals surface area contributed by atoms with Gasteiger partial charge in [-0.15, -0.1) is 0 Å². The van der Waals surface area contributed by atoms with Crippen LogP contribution < -0.4 is 10.6 Å². The molecule has 172 valence electrons. The Labute approximate surface area is 187 Å². The molecule has 1 rings (SSSR count). The number of carbonyl (C=O) groups is 4. The largest absolute Gasteiger partial charge is 0.467 e. The minimum absolute atomic E-state index is 0.0595. The molecule has 3 N–H and O–H groups in total. The van der Waals surface area contributed by atoms with E-state index >= 15 is 0 Å². The van der Waals surface area contributed by atoms with Gasteiger partial charge in [-0.3, -0.25) is 13.8 Å². The minimum atomic E-state index is -4.05. The number of benzene rings is 1. The van der Waals surface area contributed by atoms with Gasteiger partial charge in [-0.25, -0.2) is 9.59 Å². The molecule has 15 heteroatoms. The van der Waals surface area contributed by atoms with Crippen LogP contribution in [0, 0.1) is 6.92 Å². The van der Waals surface area contributed by atoms with Crippen LogP contribution in [0.5, 0.6) is 0 Å². The first-order valence-electron chi connectivity index (χ1n) is 8.72. The molecule has 4 radical (unpaired) electrons. The molecule has 0 fully saturated rings. The summed E-state index contributed by atoms with van der Waals surface area (Å²) in [4.78, 5) is 42.9. The molecular weight excluding hydrogens is 446 g/mol. The SMILES string of the molecule is [B]C(=O)NC(CO)C(=O)OC.[B]C(=O)NC(COS(=O)(=O)c1ccc(C)cc1)C(=O)OC. The van der Waals surface area contributed by atoms with Crippen molar-refractivity contribution in [3.63, 3.8) is 0 Å². The lowest BCUT2D eigenvalue weighted by molar-refractivity contribution is -0.144. The van der Waals surface area contributed by atoms with E-state index in [9.17, 15) is 27.6 Å². The Morgan fingerprint density at radius 3 is 1.78 bits per heavy atom. The van der Waals surface area contributed by atoms with Crippen molar-refractivity contribution in [1.29, 1.82) is 0 Å². The zero-order chi connectivity index (χ0) is 24.9. The zero-order valence-electron chi connectivity index (χ0n) is 17.6. The van der Waals surface area contributed by atoms with E-state index in [1.54, 1.807) is 19.1 Å². The highest BCUT2D eigenvalue weighted by Crippen LogP contribution is 2.13. The molecule has 0 spiro atoms. The van der Waals surface area contributed by atoms with E-state index in [0.717, 1.165) is 19.8 Å². The number of aliphatic hydroxyl groups excluding tert-OH is 1. The normalized spacial score (nSPS) is 12.2. The molecule has 0 heterocycles. The fourth-order valence-corrected chi connectivity index (χ4v) is 2.83. The van der Waals surface area contributed by atoms with E-state index in [1.807, 2.05) is 10.6 Å². The number of hydrogen-bond acceptors (Lipinski definition) is 10. The average Bonchev–Trinajstić information content (AvgIpc) is 2.74. The Balaban J connectivity index is 0.000000739. The maximum atomic E-state index is 11.9. The van der Waals surface area contributed by atoms with Gasteiger partial charge in [-0.1, -0.05) is 17.7 Å². The molecule has 0 saturated carbocycles. The lowest BCUT2D eigenvalue weighted by atomic mass is 10.1. The standard InChI is InChI=1S/C12H14BNO6S.C5H8BNO4/c1-8-3-5-9(6-4-8)21(17,18)20-7-10(11(15)19-2)14-12(13)16;1-11-4(9)3(2-8)7-5(6)10/h3-6,10H,7H2,1-2H3,(H,14,16);3,8H,2H2,1H3,(H,7,10). The highest BCUT2D eigenvalue weighted by atomic mass is 32.2. The molecule has 12 nitrogen and oxygen atoms in total. The highest BCUT2D eigenvalue weighted by molar-refractivity contribution is 7.86. The molecule has 2 amide bonds. The van der Waals surface area contributed by atoms with E-state index in [-0.39, 0.29) is 4.90 Å². The number of aryl methyl sites for hydroxylation is 1. The molecule has 0 aliphatic rings.